The zero-order valence-electron chi connectivity index (χ0n) is 26.4. The van der Waals surface area contributed by atoms with Gasteiger partial charge in [0.25, 0.3) is 0 Å². The van der Waals surface area contributed by atoms with Crippen LogP contribution >= 0.6 is 0 Å². The molecule has 0 atom stereocenters. The average molecular weight is 507 g/mol. The van der Waals surface area contributed by atoms with Crippen molar-refractivity contribution in [1.82, 2.24) is 0 Å². The molecule has 0 amide bonds. The fourth-order valence-corrected chi connectivity index (χ4v) is 5.34. The van der Waals surface area contributed by atoms with Gasteiger partial charge in [0.15, 0.2) is 0 Å². The van der Waals surface area contributed by atoms with E-state index in [9.17, 15) is 0 Å². The molecule has 0 spiro atoms. The van der Waals surface area contributed by atoms with Crippen LogP contribution in [0.5, 0.6) is 0 Å². The SMILES string of the molecule is CC1=Cc2c(cc(-c3cc(C(C)(C)C)cc(C(C)(C)C)c3)cc2-c2cc(C(C)(C)C)cc(C(C)(C)C)c2)C1. The third kappa shape index (κ3) is 5.85. The molecule has 0 radical (unpaired) electrons. The van der Waals surface area contributed by atoms with E-state index >= 15 is 0 Å². The molecule has 3 aromatic rings. The summed E-state index contributed by atoms with van der Waals surface area (Å²) in [4.78, 5) is 0. The highest BCUT2D eigenvalue weighted by Crippen LogP contribution is 2.42. The average Bonchev–Trinajstić information content (AvgIpc) is 3.15. The highest BCUT2D eigenvalue weighted by molar-refractivity contribution is 5.86. The maximum atomic E-state index is 2.47. The highest BCUT2D eigenvalue weighted by Gasteiger charge is 2.25. The number of hydrogen-bond donors (Lipinski definition) is 0. The maximum absolute atomic E-state index is 2.47. The van der Waals surface area contributed by atoms with Crippen LogP contribution in [0.3, 0.4) is 0 Å². The van der Waals surface area contributed by atoms with E-state index in [2.05, 4.69) is 145 Å². The molecule has 0 fully saturated rings. The van der Waals surface area contributed by atoms with Crippen LogP contribution in [0.15, 0.2) is 54.1 Å². The van der Waals surface area contributed by atoms with E-state index < -0.39 is 0 Å². The minimum atomic E-state index is 0.0885. The Labute approximate surface area is 233 Å². The van der Waals surface area contributed by atoms with Crippen molar-refractivity contribution in [2.24, 2.45) is 0 Å². The second-order valence-corrected chi connectivity index (χ2v) is 15.9. The third-order valence-electron chi connectivity index (χ3n) is 8.10. The quantitative estimate of drug-likeness (QED) is 0.324. The van der Waals surface area contributed by atoms with Gasteiger partial charge in [0.2, 0.25) is 0 Å². The molecule has 1 aliphatic rings. The first-order valence-corrected chi connectivity index (χ1v) is 14.4. The van der Waals surface area contributed by atoms with E-state index in [1.165, 1.54) is 61.2 Å². The Morgan fingerprint density at radius 2 is 0.816 bits per heavy atom. The molecule has 0 aliphatic heterocycles. The standard InChI is InChI=1S/C38H50/c1-24-14-27-16-25(26-17-29(35(2,3)4)22-30(18-26)36(5,6)7)21-34(33(27)15-24)28-19-31(37(8,9)10)23-32(20-28)38(11,12)13/h15-23H,14H2,1-13H3. The Balaban J connectivity index is 2.03. The third-order valence-corrected chi connectivity index (χ3v) is 8.10. The van der Waals surface area contributed by atoms with Crippen molar-refractivity contribution < 1.29 is 0 Å². The van der Waals surface area contributed by atoms with Crippen LogP contribution in [0.1, 0.15) is 123 Å². The van der Waals surface area contributed by atoms with Gasteiger partial charge in [-0.2, -0.15) is 0 Å². The first kappa shape index (κ1) is 28.4. The second-order valence-electron chi connectivity index (χ2n) is 15.9. The van der Waals surface area contributed by atoms with Gasteiger partial charge >= 0.3 is 0 Å². The molecule has 0 aromatic heterocycles. The summed E-state index contributed by atoms with van der Waals surface area (Å²) in [7, 11) is 0. The Hall–Kier alpha value is -2.60. The van der Waals surface area contributed by atoms with E-state index in [-0.39, 0.29) is 21.7 Å². The van der Waals surface area contributed by atoms with Crippen LogP contribution in [0, 0.1) is 0 Å². The molecule has 4 rings (SSSR count). The second kappa shape index (κ2) is 9.25. The van der Waals surface area contributed by atoms with Crippen molar-refractivity contribution in [3.05, 3.63) is 87.5 Å². The largest absolute Gasteiger partial charge is 0.0683 e. The summed E-state index contributed by atoms with van der Waals surface area (Å²) in [5, 5.41) is 0. The molecule has 0 bridgehead atoms. The van der Waals surface area contributed by atoms with Gasteiger partial charge in [0.05, 0.1) is 0 Å². The summed E-state index contributed by atoms with van der Waals surface area (Å²) in [6.45, 7) is 30.2. The van der Waals surface area contributed by atoms with Crippen LogP contribution in [0.4, 0.5) is 0 Å². The zero-order chi connectivity index (χ0) is 28.4. The number of fused-ring (bicyclic) bond motifs is 1. The Morgan fingerprint density at radius 3 is 1.21 bits per heavy atom. The van der Waals surface area contributed by atoms with E-state index in [4.69, 9.17) is 0 Å². The minimum absolute atomic E-state index is 0.0885. The number of benzene rings is 3. The molecule has 0 heteroatoms. The van der Waals surface area contributed by atoms with Gasteiger partial charge in [-0.15, -0.1) is 0 Å². The van der Waals surface area contributed by atoms with Gasteiger partial charge in [0.1, 0.15) is 0 Å². The van der Waals surface area contributed by atoms with Crippen molar-refractivity contribution in [2.75, 3.05) is 0 Å². The van der Waals surface area contributed by atoms with Crippen molar-refractivity contribution in [2.45, 2.75) is 118 Å². The van der Waals surface area contributed by atoms with Crippen LogP contribution in [0.25, 0.3) is 28.3 Å². The normalized spacial score (nSPS) is 14.5. The summed E-state index contributed by atoms with van der Waals surface area (Å²) in [6.07, 6.45) is 3.45. The predicted molar refractivity (Wildman–Crippen MR) is 169 cm³/mol. The lowest BCUT2D eigenvalue weighted by Crippen LogP contribution is -2.16. The first-order chi connectivity index (χ1) is 17.2. The fourth-order valence-electron chi connectivity index (χ4n) is 5.34. The summed E-state index contributed by atoms with van der Waals surface area (Å²) >= 11 is 0. The molecule has 0 unspecified atom stereocenters. The van der Waals surface area contributed by atoms with Crippen molar-refractivity contribution in [3.8, 4) is 22.3 Å². The van der Waals surface area contributed by atoms with Gasteiger partial charge in [-0.05, 0) is 96.7 Å². The van der Waals surface area contributed by atoms with E-state index in [1.54, 1.807) is 0 Å². The topological polar surface area (TPSA) is 0 Å². The lowest BCUT2D eigenvalue weighted by molar-refractivity contribution is 0.568. The highest BCUT2D eigenvalue weighted by atomic mass is 14.3. The smallest absolute Gasteiger partial charge is 0.00602 e. The van der Waals surface area contributed by atoms with Gasteiger partial charge in [-0.1, -0.05) is 137 Å². The number of rotatable bonds is 2. The summed E-state index contributed by atoms with van der Waals surface area (Å²) < 4.78 is 0. The molecule has 0 N–H and O–H groups in total. The van der Waals surface area contributed by atoms with Gasteiger partial charge in [-0.25, -0.2) is 0 Å². The first-order valence-electron chi connectivity index (χ1n) is 14.4. The van der Waals surface area contributed by atoms with E-state index in [0.717, 1.165) is 6.42 Å². The van der Waals surface area contributed by atoms with E-state index in [1.807, 2.05) is 0 Å². The molecule has 0 nitrogen and oxygen atoms in total. The van der Waals surface area contributed by atoms with Crippen molar-refractivity contribution in [1.29, 1.82) is 0 Å². The van der Waals surface area contributed by atoms with Crippen molar-refractivity contribution in [3.63, 3.8) is 0 Å². The molecule has 202 valence electrons. The summed E-state index contributed by atoms with van der Waals surface area (Å²) in [5.41, 5.74) is 15.7. The zero-order valence-corrected chi connectivity index (χ0v) is 26.4. The molecule has 0 saturated carbocycles. The van der Waals surface area contributed by atoms with Gasteiger partial charge in [0, 0.05) is 0 Å². The molecule has 38 heavy (non-hydrogen) atoms. The molecule has 0 saturated heterocycles. The summed E-state index contributed by atoms with van der Waals surface area (Å²) in [6, 6.07) is 19.5. The van der Waals surface area contributed by atoms with Crippen LogP contribution in [-0.2, 0) is 28.1 Å². The maximum Gasteiger partial charge on any atom is -0.00602 e. The minimum Gasteiger partial charge on any atom is -0.0683 e. The lowest BCUT2D eigenvalue weighted by atomic mass is 9.77. The Bertz CT molecular complexity index is 1330. The predicted octanol–water partition coefficient (Wildman–Crippen LogP) is 11.2. The molecule has 3 aromatic carbocycles. The van der Waals surface area contributed by atoms with Crippen LogP contribution < -0.4 is 0 Å². The Morgan fingerprint density at radius 1 is 0.447 bits per heavy atom. The Kier molecular flexibility index (Phi) is 6.92. The van der Waals surface area contributed by atoms with Gasteiger partial charge < -0.3 is 0 Å². The monoisotopic (exact) mass is 506 g/mol. The van der Waals surface area contributed by atoms with Gasteiger partial charge in [-0.3, -0.25) is 0 Å². The molecular formula is C38H50. The van der Waals surface area contributed by atoms with Crippen molar-refractivity contribution >= 4 is 6.08 Å². The molecular weight excluding hydrogens is 456 g/mol. The van der Waals surface area contributed by atoms with Crippen LogP contribution in [0.2, 0.25) is 0 Å². The summed E-state index contributed by atoms with van der Waals surface area (Å²) in [5.74, 6) is 0. The van der Waals surface area contributed by atoms with Crippen LogP contribution in [-0.4, -0.2) is 0 Å². The lowest BCUT2D eigenvalue weighted by Gasteiger charge is -2.27. The number of hydrogen-bond acceptors (Lipinski definition) is 0. The fraction of sp³-hybridized carbons (Fsp3) is 0.474. The molecule has 1 aliphatic carbocycles. The van der Waals surface area contributed by atoms with E-state index in [0.29, 0.717) is 0 Å². The number of allylic oxidation sites excluding steroid dienone is 1. The molecule has 0 heterocycles.